The van der Waals surface area contributed by atoms with Crippen LogP contribution in [0.15, 0.2) is 29.2 Å². The Hall–Kier alpha value is -0.690. The maximum Gasteiger partial charge on any atom is 0.243 e. The predicted octanol–water partition coefficient (Wildman–Crippen LogP) is 2.40. The number of halogens is 2. The fourth-order valence-electron chi connectivity index (χ4n) is 2.58. The van der Waals surface area contributed by atoms with Crippen molar-refractivity contribution in [1.29, 1.82) is 0 Å². The van der Waals surface area contributed by atoms with Crippen LogP contribution in [0.1, 0.15) is 26.2 Å². The number of piperidine rings is 1. The lowest BCUT2D eigenvalue weighted by Crippen LogP contribution is -2.46. The molecule has 0 spiro atoms. The van der Waals surface area contributed by atoms with E-state index in [-0.39, 0.29) is 23.3 Å². The molecule has 0 amide bonds. The van der Waals surface area contributed by atoms with Crippen LogP contribution in [0.3, 0.4) is 0 Å². The molecule has 0 atom stereocenters. The minimum Gasteiger partial charge on any atom is -0.317 e. The number of sulfonamides is 1. The van der Waals surface area contributed by atoms with E-state index in [4.69, 9.17) is 0 Å². The van der Waals surface area contributed by atoms with Gasteiger partial charge in [-0.05, 0) is 50.6 Å². The molecule has 2 rings (SSSR count). The second-order valence-corrected chi connectivity index (χ2v) is 6.94. The Morgan fingerprint density at radius 1 is 1.33 bits per heavy atom. The smallest absolute Gasteiger partial charge is 0.243 e. The molecular weight excluding hydrogens is 315 g/mol. The summed E-state index contributed by atoms with van der Waals surface area (Å²) in [5.41, 5.74) is 0. The van der Waals surface area contributed by atoms with Gasteiger partial charge in [0.1, 0.15) is 5.82 Å². The first-order valence-electron chi connectivity index (χ1n) is 7.04. The SMILES string of the molecule is CCCN(C1CCNCC1)S(=O)(=O)c1cccc(F)c1.Cl. The van der Waals surface area contributed by atoms with E-state index in [0.717, 1.165) is 38.4 Å². The van der Waals surface area contributed by atoms with Crippen LogP contribution < -0.4 is 5.32 Å². The molecule has 0 unspecified atom stereocenters. The Balaban J connectivity index is 0.00000220. The molecule has 0 radical (unpaired) electrons. The van der Waals surface area contributed by atoms with Crippen molar-refractivity contribution in [2.24, 2.45) is 0 Å². The van der Waals surface area contributed by atoms with Crippen LogP contribution in [0.25, 0.3) is 0 Å². The molecule has 0 saturated carbocycles. The average Bonchev–Trinajstić information content (AvgIpc) is 2.45. The molecule has 120 valence electrons. The number of nitrogens with one attached hydrogen (secondary N) is 1. The molecule has 1 aromatic rings. The van der Waals surface area contributed by atoms with Crippen LogP contribution in [-0.4, -0.2) is 38.4 Å². The minimum absolute atomic E-state index is 0. The highest BCUT2D eigenvalue weighted by Crippen LogP contribution is 2.23. The second-order valence-electron chi connectivity index (χ2n) is 5.05. The van der Waals surface area contributed by atoms with Gasteiger partial charge in [-0.3, -0.25) is 0 Å². The first-order chi connectivity index (χ1) is 9.55. The maximum atomic E-state index is 13.3. The van der Waals surface area contributed by atoms with Crippen LogP contribution >= 0.6 is 12.4 Å². The van der Waals surface area contributed by atoms with Crippen LogP contribution in [0.5, 0.6) is 0 Å². The van der Waals surface area contributed by atoms with Crippen LogP contribution in [0, 0.1) is 5.82 Å². The van der Waals surface area contributed by atoms with E-state index in [2.05, 4.69) is 5.32 Å². The zero-order valence-corrected chi connectivity index (χ0v) is 13.7. The summed E-state index contributed by atoms with van der Waals surface area (Å²) in [7, 11) is -3.62. The standard InChI is InChI=1S/C14H21FN2O2S.ClH/c1-2-10-17(13-6-8-16-9-7-13)20(18,19)14-5-3-4-12(15)11-14;/h3-5,11,13,16H,2,6-10H2,1H3;1H. The molecule has 1 aliphatic heterocycles. The van der Waals surface area contributed by atoms with E-state index in [9.17, 15) is 12.8 Å². The van der Waals surface area contributed by atoms with Gasteiger partial charge in [-0.25, -0.2) is 12.8 Å². The van der Waals surface area contributed by atoms with Crippen LogP contribution in [0.4, 0.5) is 4.39 Å². The Kier molecular flexibility index (Phi) is 7.06. The largest absolute Gasteiger partial charge is 0.317 e. The molecule has 1 saturated heterocycles. The minimum atomic E-state index is -3.62. The molecule has 1 aromatic carbocycles. The normalized spacial score (nSPS) is 16.7. The number of rotatable bonds is 5. The second kappa shape index (κ2) is 8.08. The number of benzene rings is 1. The van der Waals surface area contributed by atoms with Gasteiger partial charge in [0.25, 0.3) is 0 Å². The van der Waals surface area contributed by atoms with Gasteiger partial charge in [-0.15, -0.1) is 12.4 Å². The lowest BCUT2D eigenvalue weighted by molar-refractivity contribution is 0.262. The first-order valence-corrected chi connectivity index (χ1v) is 8.48. The quantitative estimate of drug-likeness (QED) is 0.898. The van der Waals surface area contributed by atoms with E-state index in [1.807, 2.05) is 6.92 Å². The van der Waals surface area contributed by atoms with Crippen molar-refractivity contribution in [3.05, 3.63) is 30.1 Å². The molecule has 1 aliphatic rings. The lowest BCUT2D eigenvalue weighted by Gasteiger charge is -2.33. The van der Waals surface area contributed by atoms with Gasteiger partial charge >= 0.3 is 0 Å². The maximum absolute atomic E-state index is 13.3. The molecule has 0 aromatic heterocycles. The van der Waals surface area contributed by atoms with Crippen molar-refractivity contribution in [1.82, 2.24) is 9.62 Å². The summed E-state index contributed by atoms with van der Waals surface area (Å²) in [6.45, 7) is 4.08. The van der Waals surface area contributed by atoms with E-state index < -0.39 is 15.8 Å². The summed E-state index contributed by atoms with van der Waals surface area (Å²) in [6, 6.07) is 5.26. The highest BCUT2D eigenvalue weighted by molar-refractivity contribution is 7.89. The molecule has 1 fully saturated rings. The molecule has 0 aliphatic carbocycles. The third-order valence-electron chi connectivity index (χ3n) is 3.56. The zero-order chi connectivity index (χ0) is 14.6. The average molecular weight is 337 g/mol. The topological polar surface area (TPSA) is 49.4 Å². The van der Waals surface area contributed by atoms with Gasteiger partial charge in [0.05, 0.1) is 4.90 Å². The van der Waals surface area contributed by atoms with E-state index in [0.29, 0.717) is 6.54 Å². The summed E-state index contributed by atoms with van der Waals surface area (Å²) in [6.07, 6.45) is 2.35. The van der Waals surface area contributed by atoms with Crippen molar-refractivity contribution in [2.45, 2.75) is 37.1 Å². The predicted molar refractivity (Wildman–Crippen MR) is 83.7 cm³/mol. The fraction of sp³-hybridized carbons (Fsp3) is 0.571. The molecule has 7 heteroatoms. The highest BCUT2D eigenvalue weighted by Gasteiger charge is 2.31. The van der Waals surface area contributed by atoms with E-state index in [1.54, 1.807) is 4.31 Å². The number of nitrogens with zero attached hydrogens (tertiary/aromatic N) is 1. The van der Waals surface area contributed by atoms with Gasteiger partial charge in [-0.2, -0.15) is 4.31 Å². The monoisotopic (exact) mass is 336 g/mol. The summed E-state index contributed by atoms with van der Waals surface area (Å²) in [5, 5.41) is 3.23. The highest BCUT2D eigenvalue weighted by atomic mass is 35.5. The molecule has 21 heavy (non-hydrogen) atoms. The Bertz CT molecular complexity index is 548. The van der Waals surface area contributed by atoms with Gasteiger partial charge in [-0.1, -0.05) is 13.0 Å². The van der Waals surface area contributed by atoms with Gasteiger partial charge in [0.2, 0.25) is 10.0 Å². The Labute approximate surface area is 132 Å². The van der Waals surface area contributed by atoms with Crippen molar-refractivity contribution in [3.63, 3.8) is 0 Å². The number of hydrogen-bond donors (Lipinski definition) is 1. The molecule has 0 bridgehead atoms. The van der Waals surface area contributed by atoms with Gasteiger partial charge in [0, 0.05) is 12.6 Å². The fourth-order valence-corrected chi connectivity index (χ4v) is 4.39. The molecular formula is C14H22ClFN2O2S. The van der Waals surface area contributed by atoms with Crippen molar-refractivity contribution >= 4 is 22.4 Å². The summed E-state index contributed by atoms with van der Waals surface area (Å²) < 4.78 is 40.3. The summed E-state index contributed by atoms with van der Waals surface area (Å²) in [5.74, 6) is -0.521. The summed E-state index contributed by atoms with van der Waals surface area (Å²) >= 11 is 0. The van der Waals surface area contributed by atoms with Crippen molar-refractivity contribution in [3.8, 4) is 0 Å². The molecule has 1 heterocycles. The summed E-state index contributed by atoms with van der Waals surface area (Å²) in [4.78, 5) is 0.0458. The van der Waals surface area contributed by atoms with Crippen molar-refractivity contribution < 1.29 is 12.8 Å². The number of hydrogen-bond acceptors (Lipinski definition) is 3. The van der Waals surface area contributed by atoms with E-state index in [1.165, 1.54) is 18.2 Å². The third-order valence-corrected chi connectivity index (χ3v) is 5.51. The molecule has 4 nitrogen and oxygen atoms in total. The van der Waals surface area contributed by atoms with E-state index >= 15 is 0 Å². The first kappa shape index (κ1) is 18.4. The Morgan fingerprint density at radius 3 is 2.57 bits per heavy atom. The Morgan fingerprint density at radius 2 is 2.00 bits per heavy atom. The van der Waals surface area contributed by atoms with Gasteiger partial charge < -0.3 is 5.32 Å². The zero-order valence-electron chi connectivity index (χ0n) is 12.1. The third kappa shape index (κ3) is 4.39. The van der Waals surface area contributed by atoms with Gasteiger partial charge in [0.15, 0.2) is 0 Å². The van der Waals surface area contributed by atoms with Crippen LogP contribution in [0.2, 0.25) is 0 Å². The van der Waals surface area contributed by atoms with Crippen LogP contribution in [-0.2, 0) is 10.0 Å². The van der Waals surface area contributed by atoms with Crippen molar-refractivity contribution in [2.75, 3.05) is 19.6 Å². The molecule has 1 N–H and O–H groups in total. The lowest BCUT2D eigenvalue weighted by atomic mass is 10.1.